The van der Waals surface area contributed by atoms with Crippen LogP contribution in [0, 0.1) is 12.8 Å². The van der Waals surface area contributed by atoms with Gasteiger partial charge >= 0.3 is 0 Å². The van der Waals surface area contributed by atoms with E-state index in [9.17, 15) is 4.79 Å². The number of nitrogens with one attached hydrogen (secondary N) is 2. The molecule has 2 heterocycles. The molecule has 144 valence electrons. The average molecular weight is 369 g/mol. The van der Waals surface area contributed by atoms with Crippen LogP contribution in [0.15, 0.2) is 30.3 Å². The van der Waals surface area contributed by atoms with E-state index in [0.717, 1.165) is 36.7 Å². The Kier molecular flexibility index (Phi) is 6.24. The van der Waals surface area contributed by atoms with Gasteiger partial charge in [0.25, 0.3) is 5.91 Å². The molecule has 0 spiro atoms. The maximum atomic E-state index is 12.8. The van der Waals surface area contributed by atoms with Crippen LogP contribution in [0.4, 0.5) is 17.3 Å². The Morgan fingerprint density at radius 3 is 2.70 bits per heavy atom. The third kappa shape index (κ3) is 5.17. The predicted molar refractivity (Wildman–Crippen MR) is 108 cm³/mol. The quantitative estimate of drug-likeness (QED) is 0.815. The third-order valence-corrected chi connectivity index (χ3v) is 4.26. The summed E-state index contributed by atoms with van der Waals surface area (Å²) in [4.78, 5) is 23.8. The number of morpholine rings is 1. The van der Waals surface area contributed by atoms with Gasteiger partial charge in [0.2, 0.25) is 5.95 Å². The number of rotatable bonds is 6. The molecule has 1 aliphatic rings. The standard InChI is InChI=1S/C20H27N5O2/c1-14(2)13-21-20-22-15(3)12-17(24-20)19(26)23-16-6-4-5-7-18(16)25-8-10-27-11-9-25/h4-7,12,14H,8-11,13H2,1-3H3,(H,23,26)(H,21,22,24). The minimum atomic E-state index is -0.242. The first-order chi connectivity index (χ1) is 13.0. The van der Waals surface area contributed by atoms with Gasteiger partial charge in [-0.25, -0.2) is 9.97 Å². The van der Waals surface area contributed by atoms with E-state index in [4.69, 9.17) is 4.74 Å². The number of amides is 1. The summed E-state index contributed by atoms with van der Waals surface area (Å²) in [6.45, 7) is 9.84. The fourth-order valence-electron chi connectivity index (χ4n) is 2.91. The van der Waals surface area contributed by atoms with E-state index in [1.54, 1.807) is 6.07 Å². The number of para-hydroxylation sites is 2. The second-order valence-corrected chi connectivity index (χ2v) is 7.06. The lowest BCUT2D eigenvalue weighted by atomic mass is 10.2. The summed E-state index contributed by atoms with van der Waals surface area (Å²) >= 11 is 0. The van der Waals surface area contributed by atoms with Crippen LogP contribution in [0.2, 0.25) is 0 Å². The highest BCUT2D eigenvalue weighted by Gasteiger charge is 2.17. The zero-order valence-electron chi connectivity index (χ0n) is 16.2. The summed E-state index contributed by atoms with van der Waals surface area (Å²) in [6.07, 6.45) is 0. The number of benzene rings is 1. The molecule has 1 aromatic carbocycles. The molecule has 1 amide bonds. The second kappa shape index (κ2) is 8.81. The van der Waals surface area contributed by atoms with Crippen LogP contribution in [0.1, 0.15) is 30.0 Å². The first kappa shape index (κ1) is 19.1. The van der Waals surface area contributed by atoms with E-state index in [1.165, 1.54) is 0 Å². The van der Waals surface area contributed by atoms with Crippen LogP contribution in [0.3, 0.4) is 0 Å². The lowest BCUT2D eigenvalue weighted by Gasteiger charge is -2.30. The fraction of sp³-hybridized carbons (Fsp3) is 0.450. The number of aromatic nitrogens is 2. The molecule has 7 heteroatoms. The van der Waals surface area contributed by atoms with Gasteiger partial charge in [0.15, 0.2) is 0 Å². The van der Waals surface area contributed by atoms with Crippen molar-refractivity contribution in [3.05, 3.63) is 41.7 Å². The average Bonchev–Trinajstić information content (AvgIpc) is 2.67. The molecule has 3 rings (SSSR count). The van der Waals surface area contributed by atoms with Crippen LogP contribution in [0.5, 0.6) is 0 Å². The largest absolute Gasteiger partial charge is 0.378 e. The molecule has 0 radical (unpaired) electrons. The first-order valence-corrected chi connectivity index (χ1v) is 9.35. The van der Waals surface area contributed by atoms with E-state index < -0.39 is 0 Å². The van der Waals surface area contributed by atoms with E-state index in [1.807, 2.05) is 31.2 Å². The Hall–Kier alpha value is -2.67. The number of hydrogen-bond acceptors (Lipinski definition) is 6. The lowest BCUT2D eigenvalue weighted by molar-refractivity contribution is 0.102. The van der Waals surface area contributed by atoms with Crippen molar-refractivity contribution in [3.63, 3.8) is 0 Å². The van der Waals surface area contributed by atoms with Crippen LogP contribution in [-0.4, -0.2) is 48.7 Å². The van der Waals surface area contributed by atoms with Crippen molar-refractivity contribution in [1.29, 1.82) is 0 Å². The Bertz CT molecular complexity index is 788. The van der Waals surface area contributed by atoms with Gasteiger partial charge in [-0.05, 0) is 31.0 Å². The monoisotopic (exact) mass is 369 g/mol. The number of carbonyl (C=O) groups is 1. The number of anilines is 3. The Balaban J connectivity index is 1.77. The van der Waals surface area contributed by atoms with Crippen molar-refractivity contribution in [3.8, 4) is 0 Å². The highest BCUT2D eigenvalue weighted by molar-refractivity contribution is 6.04. The molecule has 0 atom stereocenters. The first-order valence-electron chi connectivity index (χ1n) is 9.35. The van der Waals surface area contributed by atoms with Gasteiger partial charge in [-0.15, -0.1) is 0 Å². The molecule has 1 aliphatic heterocycles. The third-order valence-electron chi connectivity index (χ3n) is 4.26. The van der Waals surface area contributed by atoms with Crippen LogP contribution >= 0.6 is 0 Å². The molecule has 1 fully saturated rings. The van der Waals surface area contributed by atoms with Crippen molar-refractivity contribution in [2.75, 3.05) is 48.4 Å². The molecular weight excluding hydrogens is 342 g/mol. The van der Waals surface area contributed by atoms with Gasteiger partial charge in [-0.3, -0.25) is 4.79 Å². The molecule has 0 unspecified atom stereocenters. The summed E-state index contributed by atoms with van der Waals surface area (Å²) < 4.78 is 5.42. The minimum Gasteiger partial charge on any atom is -0.378 e. The normalized spacial score (nSPS) is 14.3. The molecule has 7 nitrogen and oxygen atoms in total. The predicted octanol–water partition coefficient (Wildman–Crippen LogP) is 2.94. The van der Waals surface area contributed by atoms with Gasteiger partial charge in [-0.2, -0.15) is 0 Å². The van der Waals surface area contributed by atoms with Crippen LogP contribution in [0.25, 0.3) is 0 Å². The summed E-state index contributed by atoms with van der Waals surface area (Å²) in [5.41, 5.74) is 2.88. The molecule has 0 aliphatic carbocycles. The Morgan fingerprint density at radius 1 is 1.22 bits per heavy atom. The van der Waals surface area contributed by atoms with Gasteiger partial charge in [0, 0.05) is 25.3 Å². The fourth-order valence-corrected chi connectivity index (χ4v) is 2.91. The van der Waals surface area contributed by atoms with Crippen molar-refractivity contribution in [2.45, 2.75) is 20.8 Å². The topological polar surface area (TPSA) is 79.4 Å². The molecule has 2 N–H and O–H groups in total. The number of nitrogens with zero attached hydrogens (tertiary/aromatic N) is 3. The molecule has 1 aromatic heterocycles. The van der Waals surface area contributed by atoms with Crippen molar-refractivity contribution >= 4 is 23.2 Å². The Labute approximate surface area is 160 Å². The molecule has 27 heavy (non-hydrogen) atoms. The SMILES string of the molecule is Cc1cc(C(=O)Nc2ccccc2N2CCOCC2)nc(NCC(C)C)n1. The minimum absolute atomic E-state index is 0.242. The summed E-state index contributed by atoms with van der Waals surface area (Å²) in [5, 5.41) is 6.19. The van der Waals surface area contributed by atoms with E-state index in [0.29, 0.717) is 30.8 Å². The number of aryl methyl sites for hydroxylation is 1. The lowest BCUT2D eigenvalue weighted by Crippen LogP contribution is -2.36. The van der Waals surface area contributed by atoms with Gasteiger partial charge in [0.05, 0.1) is 24.6 Å². The van der Waals surface area contributed by atoms with E-state index in [-0.39, 0.29) is 5.91 Å². The molecule has 2 aromatic rings. The molecule has 0 saturated carbocycles. The number of carbonyl (C=O) groups excluding carboxylic acids is 1. The zero-order chi connectivity index (χ0) is 19.2. The number of ether oxygens (including phenoxy) is 1. The number of hydrogen-bond donors (Lipinski definition) is 2. The van der Waals surface area contributed by atoms with Gasteiger partial charge in [0.1, 0.15) is 5.69 Å². The van der Waals surface area contributed by atoms with Crippen molar-refractivity contribution < 1.29 is 9.53 Å². The van der Waals surface area contributed by atoms with Gasteiger partial charge in [-0.1, -0.05) is 26.0 Å². The highest BCUT2D eigenvalue weighted by atomic mass is 16.5. The summed E-state index contributed by atoms with van der Waals surface area (Å²) in [7, 11) is 0. The van der Waals surface area contributed by atoms with Crippen LogP contribution in [-0.2, 0) is 4.74 Å². The maximum Gasteiger partial charge on any atom is 0.274 e. The van der Waals surface area contributed by atoms with Crippen molar-refractivity contribution in [2.24, 2.45) is 5.92 Å². The van der Waals surface area contributed by atoms with E-state index >= 15 is 0 Å². The highest BCUT2D eigenvalue weighted by Crippen LogP contribution is 2.26. The summed E-state index contributed by atoms with van der Waals surface area (Å²) in [5.74, 6) is 0.705. The molecule has 1 saturated heterocycles. The van der Waals surface area contributed by atoms with E-state index in [2.05, 4.69) is 39.3 Å². The molecule has 0 bridgehead atoms. The van der Waals surface area contributed by atoms with Crippen LogP contribution < -0.4 is 15.5 Å². The summed E-state index contributed by atoms with van der Waals surface area (Å²) in [6, 6.07) is 9.52. The molecular formula is C20H27N5O2. The zero-order valence-corrected chi connectivity index (χ0v) is 16.2. The Morgan fingerprint density at radius 2 is 1.96 bits per heavy atom. The smallest absolute Gasteiger partial charge is 0.274 e. The maximum absolute atomic E-state index is 12.8. The van der Waals surface area contributed by atoms with Gasteiger partial charge < -0.3 is 20.3 Å². The second-order valence-electron chi connectivity index (χ2n) is 7.06. The van der Waals surface area contributed by atoms with Crippen molar-refractivity contribution in [1.82, 2.24) is 9.97 Å².